The molecule has 0 fully saturated rings. The summed E-state index contributed by atoms with van der Waals surface area (Å²) in [5, 5.41) is 2.44. The number of aryl methyl sites for hydroxylation is 2. The van der Waals surface area contributed by atoms with E-state index in [1.165, 1.54) is 63.7 Å². The first-order valence-electron chi connectivity index (χ1n) is 11.3. The Labute approximate surface area is 181 Å². The molecular formula is C29H23NO. The molecule has 5 aromatic rings. The van der Waals surface area contributed by atoms with Gasteiger partial charge in [-0.25, -0.2) is 0 Å². The number of rotatable bonds is 1. The van der Waals surface area contributed by atoms with Crippen LogP contribution in [-0.2, 0) is 12.8 Å². The second kappa shape index (κ2) is 6.49. The lowest BCUT2D eigenvalue weighted by Crippen LogP contribution is -2.39. The van der Waals surface area contributed by atoms with Crippen LogP contribution in [0.4, 0.5) is 11.4 Å². The molecule has 0 spiro atoms. The van der Waals surface area contributed by atoms with Crippen molar-refractivity contribution in [2.75, 3.05) is 4.90 Å². The minimum Gasteiger partial charge on any atom is -0.456 e. The fourth-order valence-corrected chi connectivity index (χ4v) is 5.71. The quantitative estimate of drug-likeness (QED) is 0.287. The molecule has 2 heteroatoms. The number of anilines is 2. The first-order chi connectivity index (χ1) is 15.4. The maximum atomic E-state index is 6.37. The van der Waals surface area contributed by atoms with Crippen LogP contribution in [0.2, 0.25) is 0 Å². The summed E-state index contributed by atoms with van der Waals surface area (Å²) in [5.41, 5.74) is 10.1. The molecule has 1 atom stereocenters. The van der Waals surface area contributed by atoms with E-state index in [0.29, 0.717) is 6.04 Å². The predicted octanol–water partition coefficient (Wildman–Crippen LogP) is 7.65. The van der Waals surface area contributed by atoms with E-state index in [9.17, 15) is 0 Å². The second-order valence-corrected chi connectivity index (χ2v) is 8.85. The van der Waals surface area contributed by atoms with Crippen LogP contribution in [0.1, 0.15) is 24.0 Å². The lowest BCUT2D eigenvalue weighted by Gasteiger charge is -2.43. The molecule has 31 heavy (non-hydrogen) atoms. The van der Waals surface area contributed by atoms with Gasteiger partial charge < -0.3 is 9.32 Å². The largest absolute Gasteiger partial charge is 0.456 e. The van der Waals surface area contributed by atoms with Gasteiger partial charge >= 0.3 is 0 Å². The third-order valence-electron chi connectivity index (χ3n) is 7.15. The molecule has 0 saturated carbocycles. The SMILES string of the molecule is c1ccc(-c2cccc3oc4cc5c(cc4c23)N2c3ccccc3CCC2CC5)cc1. The maximum absolute atomic E-state index is 6.37. The van der Waals surface area contributed by atoms with Gasteiger partial charge in [-0.1, -0.05) is 60.7 Å². The summed E-state index contributed by atoms with van der Waals surface area (Å²) in [6.07, 6.45) is 4.75. The van der Waals surface area contributed by atoms with Crippen molar-refractivity contribution in [2.45, 2.75) is 31.7 Å². The Morgan fingerprint density at radius 3 is 2.39 bits per heavy atom. The molecule has 3 heterocycles. The normalized spacial score (nSPS) is 17.4. The van der Waals surface area contributed by atoms with E-state index in [-0.39, 0.29) is 0 Å². The van der Waals surface area contributed by atoms with E-state index in [1.807, 2.05) is 0 Å². The maximum Gasteiger partial charge on any atom is 0.136 e. The molecule has 4 aromatic carbocycles. The molecule has 150 valence electrons. The lowest BCUT2D eigenvalue weighted by molar-refractivity contribution is 0.518. The highest BCUT2D eigenvalue weighted by Crippen LogP contribution is 2.46. The average molecular weight is 402 g/mol. The summed E-state index contributed by atoms with van der Waals surface area (Å²) in [6.45, 7) is 0. The molecule has 1 aromatic heterocycles. The highest BCUT2D eigenvalue weighted by molar-refractivity contribution is 6.13. The number of nitrogens with zero attached hydrogens (tertiary/aromatic N) is 1. The Balaban J connectivity index is 1.51. The predicted molar refractivity (Wildman–Crippen MR) is 128 cm³/mol. The van der Waals surface area contributed by atoms with Crippen LogP contribution in [0.3, 0.4) is 0 Å². The van der Waals surface area contributed by atoms with Gasteiger partial charge in [-0.2, -0.15) is 0 Å². The number of furan rings is 1. The van der Waals surface area contributed by atoms with Gasteiger partial charge in [0.05, 0.1) is 0 Å². The van der Waals surface area contributed by atoms with Gasteiger partial charge in [0.2, 0.25) is 0 Å². The van der Waals surface area contributed by atoms with Gasteiger partial charge in [-0.15, -0.1) is 0 Å². The molecule has 1 unspecified atom stereocenters. The average Bonchev–Trinajstić information content (AvgIpc) is 3.20. The number of hydrogen-bond acceptors (Lipinski definition) is 2. The fraction of sp³-hybridized carbons (Fsp3) is 0.172. The molecule has 0 saturated heterocycles. The van der Waals surface area contributed by atoms with Gasteiger partial charge in [-0.3, -0.25) is 0 Å². The third-order valence-corrected chi connectivity index (χ3v) is 7.15. The molecule has 7 rings (SSSR count). The number of para-hydroxylation sites is 1. The van der Waals surface area contributed by atoms with E-state index in [4.69, 9.17) is 4.42 Å². The standard InChI is InChI=1S/C29H23NO/c1-2-7-19(8-3-1)23-10-6-12-27-29(23)24-18-26-21(17-28(24)31-27)14-16-22-15-13-20-9-4-5-11-25(20)30(22)26/h1-12,17-18,22H,13-16H2. The van der Waals surface area contributed by atoms with Crippen LogP contribution in [-0.4, -0.2) is 6.04 Å². The van der Waals surface area contributed by atoms with Crippen LogP contribution in [0.25, 0.3) is 33.1 Å². The van der Waals surface area contributed by atoms with Gasteiger partial charge in [0, 0.05) is 28.2 Å². The van der Waals surface area contributed by atoms with Crippen LogP contribution < -0.4 is 4.90 Å². The van der Waals surface area contributed by atoms with Gasteiger partial charge in [0.15, 0.2) is 0 Å². The van der Waals surface area contributed by atoms with E-state index in [1.54, 1.807) is 0 Å². The Bertz CT molecular complexity index is 1450. The molecular weight excluding hydrogens is 378 g/mol. The van der Waals surface area contributed by atoms with Crippen molar-refractivity contribution in [1.29, 1.82) is 0 Å². The van der Waals surface area contributed by atoms with Crippen LogP contribution in [0, 0.1) is 0 Å². The molecule has 0 N–H and O–H groups in total. The highest BCUT2D eigenvalue weighted by Gasteiger charge is 2.32. The monoisotopic (exact) mass is 401 g/mol. The first-order valence-corrected chi connectivity index (χ1v) is 11.3. The van der Waals surface area contributed by atoms with Crippen molar-refractivity contribution in [3.8, 4) is 11.1 Å². The lowest BCUT2D eigenvalue weighted by atomic mass is 9.86. The molecule has 0 bridgehead atoms. The third kappa shape index (κ3) is 2.51. The van der Waals surface area contributed by atoms with Crippen molar-refractivity contribution in [1.82, 2.24) is 0 Å². The Morgan fingerprint density at radius 2 is 1.48 bits per heavy atom. The first kappa shape index (κ1) is 17.2. The van der Waals surface area contributed by atoms with Crippen molar-refractivity contribution < 1.29 is 4.42 Å². The fourth-order valence-electron chi connectivity index (χ4n) is 5.71. The Hall–Kier alpha value is -3.52. The van der Waals surface area contributed by atoms with E-state index < -0.39 is 0 Å². The summed E-state index contributed by atoms with van der Waals surface area (Å²) in [6, 6.07) is 31.3. The molecule has 2 aliphatic heterocycles. The van der Waals surface area contributed by atoms with Crippen molar-refractivity contribution in [3.63, 3.8) is 0 Å². The molecule has 2 aliphatic rings. The van der Waals surface area contributed by atoms with Gasteiger partial charge in [-0.05, 0) is 72.2 Å². The van der Waals surface area contributed by atoms with E-state index in [0.717, 1.165) is 17.6 Å². The van der Waals surface area contributed by atoms with E-state index >= 15 is 0 Å². The summed E-state index contributed by atoms with van der Waals surface area (Å²) in [7, 11) is 0. The number of benzene rings is 4. The van der Waals surface area contributed by atoms with Gasteiger partial charge in [0.25, 0.3) is 0 Å². The zero-order chi connectivity index (χ0) is 20.4. The Kier molecular flexibility index (Phi) is 3.60. The molecule has 0 radical (unpaired) electrons. The number of fused-ring (bicyclic) bond motifs is 8. The molecule has 0 aliphatic carbocycles. The van der Waals surface area contributed by atoms with Gasteiger partial charge in [0.1, 0.15) is 11.2 Å². The summed E-state index contributed by atoms with van der Waals surface area (Å²) in [5.74, 6) is 0. The smallest absolute Gasteiger partial charge is 0.136 e. The zero-order valence-electron chi connectivity index (χ0n) is 17.3. The topological polar surface area (TPSA) is 16.4 Å². The molecule has 2 nitrogen and oxygen atoms in total. The van der Waals surface area contributed by atoms with Crippen molar-refractivity contribution in [2.24, 2.45) is 0 Å². The summed E-state index contributed by atoms with van der Waals surface area (Å²) < 4.78 is 6.37. The minimum atomic E-state index is 0.589. The summed E-state index contributed by atoms with van der Waals surface area (Å²) >= 11 is 0. The zero-order valence-corrected chi connectivity index (χ0v) is 17.3. The number of hydrogen-bond donors (Lipinski definition) is 0. The summed E-state index contributed by atoms with van der Waals surface area (Å²) in [4.78, 5) is 2.61. The van der Waals surface area contributed by atoms with E-state index in [2.05, 4.69) is 89.8 Å². The highest BCUT2D eigenvalue weighted by atomic mass is 16.3. The van der Waals surface area contributed by atoms with Crippen molar-refractivity contribution >= 4 is 33.3 Å². The van der Waals surface area contributed by atoms with Crippen LogP contribution in [0.15, 0.2) is 89.3 Å². The van der Waals surface area contributed by atoms with Crippen LogP contribution in [0.5, 0.6) is 0 Å². The van der Waals surface area contributed by atoms with Crippen molar-refractivity contribution in [3.05, 3.63) is 96.1 Å². The molecule has 0 amide bonds. The van der Waals surface area contributed by atoms with Crippen LogP contribution >= 0.6 is 0 Å². The second-order valence-electron chi connectivity index (χ2n) is 8.85. The minimum absolute atomic E-state index is 0.589. The Morgan fingerprint density at radius 1 is 0.677 bits per heavy atom.